The molecule has 0 N–H and O–H groups in total. The Morgan fingerprint density at radius 2 is 2.36 bits per heavy atom. The van der Waals surface area contributed by atoms with E-state index in [0.717, 1.165) is 0 Å². The van der Waals surface area contributed by atoms with Gasteiger partial charge in [0.1, 0.15) is 6.10 Å². The van der Waals surface area contributed by atoms with Crippen LogP contribution in [0.25, 0.3) is 0 Å². The van der Waals surface area contributed by atoms with E-state index >= 15 is 0 Å². The first-order valence-corrected chi connectivity index (χ1v) is 4.60. The van der Waals surface area contributed by atoms with Gasteiger partial charge in [-0.15, -0.1) is 0 Å². The van der Waals surface area contributed by atoms with Crippen molar-refractivity contribution in [2.45, 2.75) is 13.0 Å². The lowest BCUT2D eigenvalue weighted by Crippen LogP contribution is -2.10. The van der Waals surface area contributed by atoms with Gasteiger partial charge < -0.3 is 4.74 Å². The number of hydrogen-bond donors (Lipinski definition) is 0. The molecule has 11 heavy (non-hydrogen) atoms. The molecule has 0 radical (unpaired) electrons. The van der Waals surface area contributed by atoms with Gasteiger partial charge in [-0.3, -0.25) is 4.18 Å². The fourth-order valence-corrected chi connectivity index (χ4v) is 0.962. The van der Waals surface area contributed by atoms with E-state index in [4.69, 9.17) is 4.74 Å². The lowest BCUT2D eigenvalue weighted by Gasteiger charge is -2.01. The molecule has 1 fully saturated rings. The van der Waals surface area contributed by atoms with Crippen molar-refractivity contribution >= 4 is 10.1 Å². The van der Waals surface area contributed by atoms with Crippen molar-refractivity contribution in [2.24, 2.45) is 0 Å². The Morgan fingerprint density at radius 3 is 2.73 bits per heavy atom. The summed E-state index contributed by atoms with van der Waals surface area (Å²) in [6.07, 6.45) is -0.0378. The van der Waals surface area contributed by atoms with Gasteiger partial charge in [0, 0.05) is 0 Å². The van der Waals surface area contributed by atoms with Crippen LogP contribution in [0.5, 0.6) is 0 Å². The molecule has 0 aliphatic carbocycles. The van der Waals surface area contributed by atoms with E-state index in [-0.39, 0.29) is 17.6 Å². The molecule has 1 aliphatic rings. The van der Waals surface area contributed by atoms with Crippen LogP contribution in [0.2, 0.25) is 0 Å². The van der Waals surface area contributed by atoms with E-state index in [9.17, 15) is 8.42 Å². The lowest BCUT2D eigenvalue weighted by atomic mass is 10.5. The van der Waals surface area contributed by atoms with Gasteiger partial charge in [-0.05, 0) is 6.92 Å². The topological polar surface area (TPSA) is 55.9 Å². The van der Waals surface area contributed by atoms with Gasteiger partial charge in [-0.1, -0.05) is 6.58 Å². The van der Waals surface area contributed by atoms with Crippen molar-refractivity contribution < 1.29 is 17.3 Å². The summed E-state index contributed by atoms with van der Waals surface area (Å²) in [5, 5.41) is 0. The van der Waals surface area contributed by atoms with Gasteiger partial charge >= 0.3 is 0 Å². The molecule has 4 nitrogen and oxygen atoms in total. The van der Waals surface area contributed by atoms with Gasteiger partial charge in [0.2, 0.25) is 0 Å². The summed E-state index contributed by atoms with van der Waals surface area (Å²) in [6, 6.07) is 0. The molecule has 1 atom stereocenters. The van der Waals surface area contributed by atoms with E-state index in [1.54, 1.807) is 0 Å². The molecule has 1 aliphatic heterocycles. The number of hydrogen-bond acceptors (Lipinski definition) is 4. The quantitative estimate of drug-likeness (QED) is 0.458. The highest BCUT2D eigenvalue weighted by atomic mass is 32.2. The van der Waals surface area contributed by atoms with E-state index in [1.807, 2.05) is 0 Å². The minimum atomic E-state index is -3.53. The molecule has 1 heterocycles. The molecule has 64 valence electrons. The highest BCUT2D eigenvalue weighted by Gasteiger charge is 2.25. The predicted molar refractivity (Wildman–Crippen MR) is 39.4 cm³/mol. The van der Waals surface area contributed by atoms with Crippen LogP contribution < -0.4 is 0 Å². The molecule has 5 heteroatoms. The van der Waals surface area contributed by atoms with Gasteiger partial charge in [0.25, 0.3) is 10.1 Å². The molecule has 0 aromatic carbocycles. The Labute approximate surface area is 65.9 Å². The molecule has 1 unspecified atom stereocenters. The average Bonchev–Trinajstić information content (AvgIpc) is 2.65. The van der Waals surface area contributed by atoms with Crippen molar-refractivity contribution in [3.63, 3.8) is 0 Å². The Hall–Kier alpha value is -0.390. The molecule has 1 rings (SSSR count). The van der Waals surface area contributed by atoms with Crippen LogP contribution in [0, 0.1) is 0 Å². The van der Waals surface area contributed by atoms with Crippen LogP contribution in [0.3, 0.4) is 0 Å². The minimum absolute atomic E-state index is 0.0261. The molecule has 0 aromatic heterocycles. The highest BCUT2D eigenvalue weighted by Crippen LogP contribution is 2.12. The number of allylic oxidation sites excluding steroid dienone is 1. The molecular weight excluding hydrogens is 168 g/mol. The number of ether oxygens (including phenoxy) is 1. The Kier molecular flexibility index (Phi) is 2.31. The van der Waals surface area contributed by atoms with Crippen molar-refractivity contribution in [2.75, 3.05) is 13.2 Å². The molecule has 0 saturated carbocycles. The van der Waals surface area contributed by atoms with Crippen molar-refractivity contribution in [1.82, 2.24) is 0 Å². The second-order valence-electron chi connectivity index (χ2n) is 2.40. The fraction of sp³-hybridized carbons (Fsp3) is 0.667. The predicted octanol–water partition coefficient (Wildman–Crippen LogP) is 0.265. The van der Waals surface area contributed by atoms with Gasteiger partial charge in [-0.2, -0.15) is 8.42 Å². The molecule has 0 bridgehead atoms. The molecule has 1 saturated heterocycles. The van der Waals surface area contributed by atoms with Crippen LogP contribution in [-0.2, 0) is 19.0 Å². The average molecular weight is 178 g/mol. The maximum atomic E-state index is 10.9. The second kappa shape index (κ2) is 2.92. The Balaban J connectivity index is 2.39. The maximum Gasteiger partial charge on any atom is 0.292 e. The second-order valence-corrected chi connectivity index (χ2v) is 4.24. The Morgan fingerprint density at radius 1 is 1.82 bits per heavy atom. The normalized spacial score (nSPS) is 23.2. The first kappa shape index (κ1) is 8.70. The fourth-order valence-electron chi connectivity index (χ4n) is 0.430. The SMILES string of the molecule is C=C(C)S(=O)(=O)OCC1CO1. The molecule has 0 spiro atoms. The van der Waals surface area contributed by atoms with Crippen LogP contribution in [-0.4, -0.2) is 27.7 Å². The highest BCUT2D eigenvalue weighted by molar-refractivity contribution is 7.90. The first-order chi connectivity index (χ1) is 5.02. The van der Waals surface area contributed by atoms with Gasteiger partial charge in [0.15, 0.2) is 0 Å². The third-order valence-electron chi connectivity index (χ3n) is 1.24. The van der Waals surface area contributed by atoms with E-state index in [1.165, 1.54) is 6.92 Å². The number of rotatable bonds is 4. The first-order valence-electron chi connectivity index (χ1n) is 3.19. The summed E-state index contributed by atoms with van der Waals surface area (Å²) < 4.78 is 31.1. The summed E-state index contributed by atoms with van der Waals surface area (Å²) >= 11 is 0. The lowest BCUT2D eigenvalue weighted by molar-refractivity contribution is 0.269. The van der Waals surface area contributed by atoms with Crippen LogP contribution >= 0.6 is 0 Å². The maximum absolute atomic E-state index is 10.9. The molecular formula is C6H10O4S. The third kappa shape index (κ3) is 2.61. The summed E-state index contributed by atoms with van der Waals surface area (Å²) in [5.74, 6) is 0. The summed E-state index contributed by atoms with van der Waals surface area (Å²) in [7, 11) is -3.53. The van der Waals surface area contributed by atoms with Gasteiger partial charge in [-0.25, -0.2) is 0 Å². The van der Waals surface area contributed by atoms with Crippen LogP contribution in [0.15, 0.2) is 11.5 Å². The van der Waals surface area contributed by atoms with E-state index in [2.05, 4.69) is 10.8 Å². The summed E-state index contributed by atoms with van der Waals surface area (Å²) in [6.45, 7) is 5.36. The zero-order valence-electron chi connectivity index (χ0n) is 6.24. The minimum Gasteiger partial charge on any atom is -0.371 e. The van der Waals surface area contributed by atoms with Gasteiger partial charge in [0.05, 0.1) is 18.1 Å². The largest absolute Gasteiger partial charge is 0.371 e. The standard InChI is InChI=1S/C6H10O4S/c1-5(2)11(7,8)10-4-6-3-9-6/h6H,1,3-4H2,2H3. The van der Waals surface area contributed by atoms with Crippen molar-refractivity contribution in [3.8, 4) is 0 Å². The van der Waals surface area contributed by atoms with Crippen LogP contribution in [0.1, 0.15) is 6.92 Å². The molecule has 0 aromatic rings. The van der Waals surface area contributed by atoms with E-state index < -0.39 is 10.1 Å². The van der Waals surface area contributed by atoms with Crippen LogP contribution in [0.4, 0.5) is 0 Å². The smallest absolute Gasteiger partial charge is 0.292 e. The number of epoxide rings is 1. The van der Waals surface area contributed by atoms with Crippen molar-refractivity contribution in [3.05, 3.63) is 11.5 Å². The van der Waals surface area contributed by atoms with Crippen molar-refractivity contribution in [1.29, 1.82) is 0 Å². The summed E-state index contributed by atoms with van der Waals surface area (Å²) in [4.78, 5) is 0.0261. The Bertz CT molecular complexity index is 250. The zero-order chi connectivity index (χ0) is 8.48. The monoisotopic (exact) mass is 178 g/mol. The zero-order valence-corrected chi connectivity index (χ0v) is 7.06. The third-order valence-corrected chi connectivity index (χ3v) is 2.54. The summed E-state index contributed by atoms with van der Waals surface area (Å²) in [5.41, 5.74) is 0. The van der Waals surface area contributed by atoms with E-state index in [0.29, 0.717) is 6.61 Å². The molecule has 0 amide bonds.